The third kappa shape index (κ3) is 4.43. The van der Waals surface area contributed by atoms with Gasteiger partial charge in [-0.1, -0.05) is 104 Å². The van der Waals surface area contributed by atoms with Crippen LogP contribution in [0.3, 0.4) is 0 Å². The molecule has 0 amide bonds. The summed E-state index contributed by atoms with van der Waals surface area (Å²) in [4.78, 5) is 0. The number of benzene rings is 2. The molecule has 0 N–H and O–H groups in total. The van der Waals surface area contributed by atoms with Crippen molar-refractivity contribution < 1.29 is 0 Å². The molecule has 0 aliphatic carbocycles. The van der Waals surface area contributed by atoms with Crippen molar-refractivity contribution >= 4 is 31.8 Å². The van der Waals surface area contributed by atoms with Crippen LogP contribution in [0.1, 0.15) is 41.5 Å². The molecule has 23 heavy (non-hydrogen) atoms. The van der Waals surface area contributed by atoms with Crippen LogP contribution in [0.4, 0.5) is 0 Å². The second kappa shape index (κ2) is 7.04. The van der Waals surface area contributed by atoms with Gasteiger partial charge in [-0.25, -0.2) is 0 Å². The molecule has 0 saturated heterocycles. The van der Waals surface area contributed by atoms with Gasteiger partial charge in [0, 0.05) is 0 Å². The number of hydrogen-bond acceptors (Lipinski definition) is 0. The van der Waals surface area contributed by atoms with Gasteiger partial charge in [0.2, 0.25) is 0 Å². The molecule has 0 nitrogen and oxygen atoms in total. The molecule has 0 bridgehead atoms. The molecule has 0 heterocycles. The summed E-state index contributed by atoms with van der Waals surface area (Å²) < 4.78 is 0. The molecule has 0 saturated carbocycles. The van der Waals surface area contributed by atoms with Crippen molar-refractivity contribution in [1.82, 2.24) is 0 Å². The van der Waals surface area contributed by atoms with E-state index < -0.39 is 0 Å². The fraction of sp³-hybridized carbons (Fsp3) is 0.429. The molecule has 0 aromatic heterocycles. The highest BCUT2D eigenvalue weighted by Gasteiger charge is 2.37. The molecule has 2 aromatic carbocycles. The third-order valence-electron chi connectivity index (χ3n) is 3.97. The van der Waals surface area contributed by atoms with Gasteiger partial charge in [0.05, 0.1) is 0 Å². The molecule has 0 aliphatic rings. The molecule has 2 heteroatoms. The highest BCUT2D eigenvalue weighted by molar-refractivity contribution is 7.76. The summed E-state index contributed by atoms with van der Waals surface area (Å²) in [6, 6.07) is 20.2. The maximum absolute atomic E-state index is 2.41. The molecular formula is C21H30P2. The molecule has 0 radical (unpaired) electrons. The van der Waals surface area contributed by atoms with E-state index >= 15 is 0 Å². The Balaban J connectivity index is 2.56. The van der Waals surface area contributed by atoms with Gasteiger partial charge in [0.15, 0.2) is 0 Å². The normalized spacial score (nSPS) is 14.1. The van der Waals surface area contributed by atoms with E-state index in [0.717, 1.165) is 0 Å². The fourth-order valence-electron chi connectivity index (χ4n) is 3.46. The van der Waals surface area contributed by atoms with Crippen molar-refractivity contribution in [2.24, 2.45) is 0 Å². The summed E-state index contributed by atoms with van der Waals surface area (Å²) in [7, 11) is -0.567. The summed E-state index contributed by atoms with van der Waals surface area (Å²) in [5, 5.41) is 5.23. The van der Waals surface area contributed by atoms with E-state index in [4.69, 9.17) is 0 Å². The van der Waals surface area contributed by atoms with Gasteiger partial charge in [-0.05, 0) is 40.8 Å². The van der Waals surface area contributed by atoms with E-state index in [1.807, 2.05) is 0 Å². The first-order chi connectivity index (χ1) is 10.6. The minimum absolute atomic E-state index is 0.265. The Morgan fingerprint density at radius 2 is 1.04 bits per heavy atom. The molecule has 1 unspecified atom stereocenters. The van der Waals surface area contributed by atoms with Crippen LogP contribution in [-0.4, -0.2) is 17.0 Å². The average molecular weight is 344 g/mol. The Morgan fingerprint density at radius 3 is 1.52 bits per heavy atom. The van der Waals surface area contributed by atoms with Crippen LogP contribution in [0.25, 0.3) is 0 Å². The summed E-state index contributed by atoms with van der Waals surface area (Å²) in [5.41, 5.74) is 0. The van der Waals surface area contributed by atoms with Gasteiger partial charge in [0.25, 0.3) is 0 Å². The smallest absolute Gasteiger partial charge is 0.0121 e. The predicted octanol–water partition coefficient (Wildman–Crippen LogP) is 5.45. The van der Waals surface area contributed by atoms with E-state index in [2.05, 4.69) is 103 Å². The van der Waals surface area contributed by atoms with Crippen LogP contribution < -0.4 is 15.9 Å². The molecule has 124 valence electrons. The first-order valence-corrected chi connectivity index (χ1v) is 11.4. The van der Waals surface area contributed by atoms with Crippen LogP contribution in [-0.2, 0) is 0 Å². The lowest BCUT2D eigenvalue weighted by Gasteiger charge is -2.43. The fourth-order valence-corrected chi connectivity index (χ4v) is 9.83. The van der Waals surface area contributed by atoms with Crippen LogP contribution in [0.5, 0.6) is 0 Å². The van der Waals surface area contributed by atoms with Gasteiger partial charge < -0.3 is 0 Å². The molecule has 0 aliphatic heterocycles. The molecule has 0 fully saturated rings. The van der Waals surface area contributed by atoms with Crippen LogP contribution in [0, 0.1) is 0 Å². The van der Waals surface area contributed by atoms with Crippen molar-refractivity contribution in [2.45, 2.75) is 51.9 Å². The monoisotopic (exact) mass is 344 g/mol. The Kier molecular flexibility index (Phi) is 5.71. The zero-order chi connectivity index (χ0) is 17.3. The molecule has 2 aromatic rings. The van der Waals surface area contributed by atoms with Crippen LogP contribution in [0.2, 0.25) is 0 Å². The lowest BCUT2D eigenvalue weighted by atomic mass is 10.2. The lowest BCUT2D eigenvalue weighted by Crippen LogP contribution is -2.37. The third-order valence-corrected chi connectivity index (χ3v) is 9.89. The van der Waals surface area contributed by atoms with Gasteiger partial charge in [-0.2, -0.15) is 0 Å². The Hall–Kier alpha value is -0.700. The first kappa shape index (κ1) is 18.6. The average Bonchev–Trinajstić information content (AvgIpc) is 2.45. The van der Waals surface area contributed by atoms with Crippen molar-refractivity contribution in [3.05, 3.63) is 54.6 Å². The topological polar surface area (TPSA) is 0 Å². The van der Waals surface area contributed by atoms with Gasteiger partial charge in [-0.15, -0.1) is 0 Å². The van der Waals surface area contributed by atoms with E-state index in [9.17, 15) is 0 Å². The van der Waals surface area contributed by atoms with Crippen molar-refractivity contribution in [1.29, 1.82) is 0 Å². The van der Waals surface area contributed by atoms with Crippen LogP contribution in [0.15, 0.2) is 54.6 Å². The lowest BCUT2D eigenvalue weighted by molar-refractivity contribution is 0.715. The SMILES string of the molecule is CP(c1ccccc1)c1ccccc1P(C(C)(C)C)C(C)(C)C. The highest BCUT2D eigenvalue weighted by atomic mass is 31.1. The minimum Gasteiger partial charge on any atom is -0.0636 e. The van der Waals surface area contributed by atoms with Crippen molar-refractivity contribution in [3.63, 3.8) is 0 Å². The summed E-state index contributed by atoms with van der Waals surface area (Å²) in [6.45, 7) is 16.8. The maximum Gasteiger partial charge on any atom is -0.0121 e. The van der Waals surface area contributed by atoms with Gasteiger partial charge in [-0.3, -0.25) is 0 Å². The summed E-state index contributed by atoms with van der Waals surface area (Å²) in [6.07, 6.45) is 0. The second-order valence-electron chi connectivity index (χ2n) is 8.06. The predicted molar refractivity (Wildman–Crippen MR) is 111 cm³/mol. The van der Waals surface area contributed by atoms with Crippen LogP contribution >= 0.6 is 15.8 Å². The Bertz CT molecular complexity index is 619. The molecule has 0 spiro atoms. The first-order valence-electron chi connectivity index (χ1n) is 8.30. The van der Waals surface area contributed by atoms with Gasteiger partial charge >= 0.3 is 0 Å². The number of rotatable bonds is 3. The molecule has 1 atom stereocenters. The molecule has 2 rings (SSSR count). The summed E-state index contributed by atoms with van der Waals surface area (Å²) >= 11 is 0. The second-order valence-corrected chi connectivity index (χ2v) is 14.0. The van der Waals surface area contributed by atoms with Crippen molar-refractivity contribution in [3.8, 4) is 0 Å². The Morgan fingerprint density at radius 1 is 0.609 bits per heavy atom. The quantitative estimate of drug-likeness (QED) is 0.649. The minimum atomic E-state index is -0.302. The summed E-state index contributed by atoms with van der Waals surface area (Å²) in [5.74, 6) is 0. The van der Waals surface area contributed by atoms with E-state index in [1.165, 1.54) is 5.30 Å². The van der Waals surface area contributed by atoms with E-state index in [1.54, 1.807) is 10.6 Å². The van der Waals surface area contributed by atoms with E-state index in [0.29, 0.717) is 10.3 Å². The highest BCUT2D eigenvalue weighted by Crippen LogP contribution is 2.58. The zero-order valence-corrected chi connectivity index (χ0v) is 17.4. The van der Waals surface area contributed by atoms with Crippen molar-refractivity contribution in [2.75, 3.05) is 6.66 Å². The standard InChI is InChI=1S/C21H30P2/c1-20(2,3)23(21(4,5)6)19-16-12-11-15-18(19)22(7)17-13-9-8-10-14-17/h8-16H,1-7H3. The molecular weight excluding hydrogens is 314 g/mol. The van der Waals surface area contributed by atoms with E-state index in [-0.39, 0.29) is 15.8 Å². The van der Waals surface area contributed by atoms with Gasteiger partial charge in [0.1, 0.15) is 0 Å². The zero-order valence-electron chi connectivity index (χ0n) is 15.6. The maximum atomic E-state index is 2.41. The number of hydrogen-bond donors (Lipinski definition) is 0. The Labute approximate surface area is 145 Å². The largest absolute Gasteiger partial charge is 0.0636 e.